The number of hydrogen-bond acceptors (Lipinski definition) is 5. The van der Waals surface area contributed by atoms with Crippen molar-refractivity contribution in [1.82, 2.24) is 9.97 Å². The van der Waals surface area contributed by atoms with Crippen molar-refractivity contribution in [3.8, 4) is 11.1 Å². The Hall–Kier alpha value is -2.80. The third-order valence-electron chi connectivity index (χ3n) is 3.15. The topological polar surface area (TPSA) is 81.0 Å². The van der Waals surface area contributed by atoms with E-state index >= 15 is 0 Å². The molecule has 3 rings (SSSR count). The van der Waals surface area contributed by atoms with Crippen molar-refractivity contribution in [2.45, 2.75) is 0 Å². The van der Waals surface area contributed by atoms with Gasteiger partial charge in [-0.15, -0.1) is 0 Å². The number of anilines is 2. The van der Waals surface area contributed by atoms with Crippen LogP contribution in [0.15, 0.2) is 65.5 Å². The SMILES string of the molecule is O=[N+]([O-])c1cccnc1Nc1cccc(-c2cncc(Br)c2)c1. The molecule has 0 saturated carbocycles. The van der Waals surface area contributed by atoms with Gasteiger partial charge in [-0.2, -0.15) is 0 Å². The average Bonchev–Trinajstić information content (AvgIpc) is 2.55. The van der Waals surface area contributed by atoms with Crippen molar-refractivity contribution in [1.29, 1.82) is 0 Å². The van der Waals surface area contributed by atoms with Gasteiger partial charge >= 0.3 is 5.69 Å². The molecule has 7 heteroatoms. The lowest BCUT2D eigenvalue weighted by Crippen LogP contribution is -1.99. The van der Waals surface area contributed by atoms with Crippen molar-refractivity contribution >= 4 is 33.1 Å². The van der Waals surface area contributed by atoms with Crippen LogP contribution in [-0.4, -0.2) is 14.9 Å². The molecule has 2 heterocycles. The number of aromatic nitrogens is 2. The minimum atomic E-state index is -0.461. The Morgan fingerprint density at radius 1 is 1.09 bits per heavy atom. The predicted molar refractivity (Wildman–Crippen MR) is 91.5 cm³/mol. The van der Waals surface area contributed by atoms with Gasteiger partial charge in [0, 0.05) is 40.4 Å². The van der Waals surface area contributed by atoms with Gasteiger partial charge in [0.2, 0.25) is 5.82 Å². The summed E-state index contributed by atoms with van der Waals surface area (Å²) >= 11 is 3.39. The van der Waals surface area contributed by atoms with E-state index in [1.54, 1.807) is 12.4 Å². The number of nitrogens with zero attached hydrogens (tertiary/aromatic N) is 3. The third-order valence-corrected chi connectivity index (χ3v) is 3.58. The van der Waals surface area contributed by atoms with E-state index in [-0.39, 0.29) is 11.5 Å². The summed E-state index contributed by atoms with van der Waals surface area (Å²) in [4.78, 5) is 18.8. The standard InChI is InChI=1S/C16H11BrN4O2/c17-13-7-12(9-18-10-13)11-3-1-4-14(8-11)20-16-15(21(22)23)5-2-6-19-16/h1-10H,(H,19,20). The van der Waals surface area contributed by atoms with E-state index < -0.39 is 4.92 Å². The molecule has 3 aromatic rings. The van der Waals surface area contributed by atoms with E-state index in [1.807, 2.05) is 30.3 Å². The molecule has 0 fully saturated rings. The van der Waals surface area contributed by atoms with Crippen molar-refractivity contribution in [3.05, 3.63) is 75.6 Å². The summed E-state index contributed by atoms with van der Waals surface area (Å²) in [5.41, 5.74) is 2.53. The summed E-state index contributed by atoms with van der Waals surface area (Å²) in [6.07, 6.45) is 4.98. The van der Waals surface area contributed by atoms with Gasteiger partial charge in [0.25, 0.3) is 0 Å². The number of halogens is 1. The molecule has 0 aliphatic carbocycles. The molecule has 0 spiro atoms. The Morgan fingerprint density at radius 3 is 2.74 bits per heavy atom. The lowest BCUT2D eigenvalue weighted by molar-refractivity contribution is -0.384. The van der Waals surface area contributed by atoms with Crippen LogP contribution in [-0.2, 0) is 0 Å². The van der Waals surface area contributed by atoms with Gasteiger partial charge in [-0.3, -0.25) is 15.1 Å². The molecule has 0 atom stereocenters. The number of nitro groups is 1. The minimum Gasteiger partial charge on any atom is -0.334 e. The maximum absolute atomic E-state index is 11.0. The highest BCUT2D eigenvalue weighted by molar-refractivity contribution is 9.10. The molecule has 0 radical (unpaired) electrons. The summed E-state index contributed by atoms with van der Waals surface area (Å²) in [5.74, 6) is 0.210. The summed E-state index contributed by atoms with van der Waals surface area (Å²) in [6.45, 7) is 0. The maximum atomic E-state index is 11.0. The molecule has 0 bridgehead atoms. The van der Waals surface area contributed by atoms with Crippen LogP contribution in [0.2, 0.25) is 0 Å². The molecule has 6 nitrogen and oxygen atoms in total. The molecule has 0 saturated heterocycles. The van der Waals surface area contributed by atoms with Crippen LogP contribution >= 0.6 is 15.9 Å². The second-order valence-electron chi connectivity index (χ2n) is 4.73. The molecule has 114 valence electrons. The monoisotopic (exact) mass is 370 g/mol. The molecular weight excluding hydrogens is 360 g/mol. The Bertz CT molecular complexity index is 870. The molecule has 0 aliphatic heterocycles. The summed E-state index contributed by atoms with van der Waals surface area (Å²) in [5, 5.41) is 14.0. The van der Waals surface area contributed by atoms with Crippen LogP contribution in [0.25, 0.3) is 11.1 Å². The first-order chi connectivity index (χ1) is 11.1. The molecule has 0 unspecified atom stereocenters. The molecular formula is C16H11BrN4O2. The number of benzene rings is 1. The first-order valence-corrected chi connectivity index (χ1v) is 7.50. The molecule has 2 aromatic heterocycles. The first kappa shape index (κ1) is 15.1. The van der Waals surface area contributed by atoms with Crippen molar-refractivity contribution < 1.29 is 4.92 Å². The minimum absolute atomic E-state index is 0.0676. The van der Waals surface area contributed by atoms with Gasteiger partial charge in [-0.05, 0) is 45.8 Å². The van der Waals surface area contributed by atoms with Gasteiger partial charge in [0.1, 0.15) is 0 Å². The predicted octanol–water partition coefficient (Wildman–Crippen LogP) is 4.56. The van der Waals surface area contributed by atoms with Crippen molar-refractivity contribution in [3.63, 3.8) is 0 Å². The average molecular weight is 371 g/mol. The van der Waals surface area contributed by atoms with E-state index in [4.69, 9.17) is 0 Å². The quantitative estimate of drug-likeness (QED) is 0.537. The van der Waals surface area contributed by atoms with E-state index in [2.05, 4.69) is 31.2 Å². The summed E-state index contributed by atoms with van der Waals surface area (Å²) < 4.78 is 0.883. The number of nitrogens with one attached hydrogen (secondary N) is 1. The zero-order valence-electron chi connectivity index (χ0n) is 11.8. The summed E-state index contributed by atoms with van der Waals surface area (Å²) in [7, 11) is 0. The Morgan fingerprint density at radius 2 is 1.96 bits per heavy atom. The van der Waals surface area contributed by atoms with Crippen LogP contribution in [0.1, 0.15) is 0 Å². The fourth-order valence-electron chi connectivity index (χ4n) is 2.12. The van der Waals surface area contributed by atoms with Gasteiger partial charge in [0.05, 0.1) is 4.92 Å². The Labute approximate surface area is 140 Å². The number of hydrogen-bond donors (Lipinski definition) is 1. The molecule has 1 aromatic carbocycles. The second kappa shape index (κ2) is 6.53. The third kappa shape index (κ3) is 3.51. The highest BCUT2D eigenvalue weighted by Crippen LogP contribution is 2.28. The molecule has 1 N–H and O–H groups in total. The highest BCUT2D eigenvalue weighted by atomic mass is 79.9. The van der Waals surface area contributed by atoms with Crippen molar-refractivity contribution in [2.24, 2.45) is 0 Å². The fraction of sp³-hybridized carbons (Fsp3) is 0. The zero-order valence-corrected chi connectivity index (χ0v) is 13.4. The first-order valence-electron chi connectivity index (χ1n) is 6.71. The Kier molecular flexibility index (Phi) is 4.29. The zero-order chi connectivity index (χ0) is 16.2. The largest absolute Gasteiger partial charge is 0.334 e. The summed E-state index contributed by atoms with van der Waals surface area (Å²) in [6, 6.07) is 12.4. The normalized spacial score (nSPS) is 10.3. The van der Waals surface area contributed by atoms with E-state index in [9.17, 15) is 10.1 Å². The van der Waals surface area contributed by atoms with Crippen LogP contribution in [0, 0.1) is 10.1 Å². The second-order valence-corrected chi connectivity index (χ2v) is 5.64. The van der Waals surface area contributed by atoms with Gasteiger partial charge < -0.3 is 5.32 Å². The van der Waals surface area contributed by atoms with E-state index in [1.165, 1.54) is 18.3 Å². The Balaban J connectivity index is 1.94. The maximum Gasteiger partial charge on any atom is 0.311 e. The molecule has 0 amide bonds. The van der Waals surface area contributed by atoms with Gasteiger partial charge in [-0.25, -0.2) is 4.98 Å². The fourth-order valence-corrected chi connectivity index (χ4v) is 2.49. The smallest absolute Gasteiger partial charge is 0.311 e. The van der Waals surface area contributed by atoms with Crippen LogP contribution < -0.4 is 5.32 Å². The van der Waals surface area contributed by atoms with E-state index in [0.717, 1.165) is 15.6 Å². The van der Waals surface area contributed by atoms with Crippen LogP contribution in [0.3, 0.4) is 0 Å². The van der Waals surface area contributed by atoms with Gasteiger partial charge in [0.15, 0.2) is 0 Å². The lowest BCUT2D eigenvalue weighted by atomic mass is 10.1. The van der Waals surface area contributed by atoms with Crippen molar-refractivity contribution in [2.75, 3.05) is 5.32 Å². The van der Waals surface area contributed by atoms with Crippen LogP contribution in [0.5, 0.6) is 0 Å². The number of rotatable bonds is 4. The van der Waals surface area contributed by atoms with E-state index in [0.29, 0.717) is 5.69 Å². The molecule has 0 aliphatic rings. The molecule has 23 heavy (non-hydrogen) atoms. The highest BCUT2D eigenvalue weighted by Gasteiger charge is 2.14. The lowest BCUT2D eigenvalue weighted by Gasteiger charge is -2.08. The van der Waals surface area contributed by atoms with Gasteiger partial charge in [-0.1, -0.05) is 12.1 Å². The number of pyridine rings is 2. The van der Waals surface area contributed by atoms with Crippen LogP contribution in [0.4, 0.5) is 17.2 Å².